The van der Waals surface area contributed by atoms with Crippen LogP contribution in [0.4, 0.5) is 5.69 Å². The molecule has 4 nitrogen and oxygen atoms in total. The number of aromatic nitrogens is 1. The van der Waals surface area contributed by atoms with E-state index < -0.39 is 0 Å². The topological polar surface area (TPSA) is 58.0 Å². The highest BCUT2D eigenvalue weighted by Crippen LogP contribution is 2.05. The molecule has 0 amide bonds. The fraction of sp³-hybridized carbons (Fsp3) is 0.100. The second kappa shape index (κ2) is 3.83. The maximum atomic E-state index is 10.8. The van der Waals surface area contributed by atoms with E-state index in [-0.39, 0.29) is 5.56 Å². The standard InChI is InChI=1S/C10H10N2O2/c13-10-4-3-8(6-12-10)11-7-9-2-1-5-14-9/h1-6,11H,7H2,(H,12,13). The summed E-state index contributed by atoms with van der Waals surface area (Å²) in [4.78, 5) is 13.3. The molecule has 2 rings (SSSR count). The molecule has 0 unspecified atom stereocenters. The highest BCUT2D eigenvalue weighted by atomic mass is 16.3. The number of pyridine rings is 1. The first-order valence-electron chi connectivity index (χ1n) is 4.29. The average Bonchev–Trinajstić information content (AvgIpc) is 2.70. The van der Waals surface area contributed by atoms with Crippen LogP contribution in [-0.4, -0.2) is 4.98 Å². The maximum Gasteiger partial charge on any atom is 0.248 e. The Morgan fingerprint density at radius 3 is 2.93 bits per heavy atom. The molecule has 0 fully saturated rings. The zero-order chi connectivity index (χ0) is 9.80. The molecular formula is C10H10N2O2. The fourth-order valence-corrected chi connectivity index (χ4v) is 1.12. The highest BCUT2D eigenvalue weighted by Gasteiger charge is 1.95. The van der Waals surface area contributed by atoms with Crippen molar-refractivity contribution in [3.05, 3.63) is 52.8 Å². The first-order chi connectivity index (χ1) is 6.84. The second-order valence-electron chi connectivity index (χ2n) is 2.87. The quantitative estimate of drug-likeness (QED) is 0.772. The summed E-state index contributed by atoms with van der Waals surface area (Å²) in [5.41, 5.74) is 0.759. The molecule has 0 aliphatic rings. The third-order valence-electron chi connectivity index (χ3n) is 1.83. The van der Waals surface area contributed by atoms with E-state index in [1.807, 2.05) is 12.1 Å². The minimum absolute atomic E-state index is 0.103. The lowest BCUT2D eigenvalue weighted by Crippen LogP contribution is -2.05. The van der Waals surface area contributed by atoms with Crippen LogP contribution in [0, 0.1) is 0 Å². The number of hydrogen-bond acceptors (Lipinski definition) is 3. The van der Waals surface area contributed by atoms with E-state index in [1.54, 1.807) is 18.5 Å². The first-order valence-corrected chi connectivity index (χ1v) is 4.29. The monoisotopic (exact) mass is 190 g/mol. The van der Waals surface area contributed by atoms with Crippen LogP contribution in [0.1, 0.15) is 5.76 Å². The van der Waals surface area contributed by atoms with Gasteiger partial charge in [0.25, 0.3) is 0 Å². The Morgan fingerprint density at radius 1 is 1.36 bits per heavy atom. The molecule has 0 spiro atoms. The van der Waals surface area contributed by atoms with Crippen LogP contribution >= 0.6 is 0 Å². The SMILES string of the molecule is O=c1ccc(NCc2ccco2)c[nH]1. The largest absolute Gasteiger partial charge is 0.467 e. The molecule has 0 aliphatic heterocycles. The lowest BCUT2D eigenvalue weighted by Gasteiger charge is -2.02. The van der Waals surface area contributed by atoms with Gasteiger partial charge < -0.3 is 14.7 Å². The van der Waals surface area contributed by atoms with Crippen LogP contribution in [-0.2, 0) is 6.54 Å². The van der Waals surface area contributed by atoms with Crippen molar-refractivity contribution >= 4 is 5.69 Å². The molecule has 0 radical (unpaired) electrons. The van der Waals surface area contributed by atoms with Crippen LogP contribution in [0.5, 0.6) is 0 Å². The van der Waals surface area contributed by atoms with Gasteiger partial charge in [0, 0.05) is 12.3 Å². The summed E-state index contributed by atoms with van der Waals surface area (Å²) in [5.74, 6) is 0.858. The molecule has 0 bridgehead atoms. The summed E-state index contributed by atoms with van der Waals surface area (Å²) in [6, 6.07) is 6.93. The molecule has 2 aromatic heterocycles. The summed E-state index contributed by atoms with van der Waals surface area (Å²) in [7, 11) is 0. The van der Waals surface area contributed by atoms with E-state index in [0.29, 0.717) is 6.54 Å². The summed E-state index contributed by atoms with van der Waals surface area (Å²) >= 11 is 0. The number of anilines is 1. The van der Waals surface area contributed by atoms with Crippen LogP contribution in [0.2, 0.25) is 0 Å². The lowest BCUT2D eigenvalue weighted by atomic mass is 10.4. The number of rotatable bonds is 3. The third kappa shape index (κ3) is 2.04. The van der Waals surface area contributed by atoms with Gasteiger partial charge in [0.1, 0.15) is 5.76 Å². The van der Waals surface area contributed by atoms with Gasteiger partial charge >= 0.3 is 0 Å². The molecule has 0 atom stereocenters. The van der Waals surface area contributed by atoms with Crippen molar-refractivity contribution in [2.45, 2.75) is 6.54 Å². The molecule has 0 aliphatic carbocycles. The van der Waals surface area contributed by atoms with E-state index in [0.717, 1.165) is 11.4 Å². The molecule has 2 aromatic rings. The molecule has 4 heteroatoms. The fourth-order valence-electron chi connectivity index (χ4n) is 1.12. The number of furan rings is 1. The number of nitrogens with one attached hydrogen (secondary N) is 2. The van der Waals surface area contributed by atoms with E-state index in [4.69, 9.17) is 4.42 Å². The van der Waals surface area contributed by atoms with Gasteiger partial charge in [-0.25, -0.2) is 0 Å². The Balaban J connectivity index is 1.99. The van der Waals surface area contributed by atoms with Crippen LogP contribution < -0.4 is 10.9 Å². The van der Waals surface area contributed by atoms with Crippen LogP contribution in [0.15, 0.2) is 45.9 Å². The second-order valence-corrected chi connectivity index (χ2v) is 2.87. The molecule has 0 saturated heterocycles. The minimum Gasteiger partial charge on any atom is -0.467 e. The van der Waals surface area contributed by atoms with Crippen molar-refractivity contribution in [1.82, 2.24) is 4.98 Å². The number of aromatic amines is 1. The summed E-state index contributed by atoms with van der Waals surface area (Å²) < 4.78 is 5.14. The molecule has 72 valence electrons. The van der Waals surface area contributed by atoms with Crippen molar-refractivity contribution in [3.8, 4) is 0 Å². The average molecular weight is 190 g/mol. The smallest absolute Gasteiger partial charge is 0.248 e. The van der Waals surface area contributed by atoms with E-state index >= 15 is 0 Å². The van der Waals surface area contributed by atoms with Gasteiger partial charge in [-0.15, -0.1) is 0 Å². The normalized spacial score (nSPS) is 10.0. The summed E-state index contributed by atoms with van der Waals surface area (Å²) in [5, 5.41) is 3.11. The van der Waals surface area contributed by atoms with Crippen molar-refractivity contribution in [3.63, 3.8) is 0 Å². The van der Waals surface area contributed by atoms with Gasteiger partial charge in [-0.05, 0) is 18.2 Å². The van der Waals surface area contributed by atoms with Crippen molar-refractivity contribution in [1.29, 1.82) is 0 Å². The zero-order valence-electron chi connectivity index (χ0n) is 7.49. The maximum absolute atomic E-state index is 10.8. The predicted octanol–water partition coefficient (Wildman–Crippen LogP) is 1.58. The summed E-state index contributed by atoms with van der Waals surface area (Å²) in [6.45, 7) is 0.610. The third-order valence-corrected chi connectivity index (χ3v) is 1.83. The Labute approximate surface area is 80.6 Å². The Kier molecular flexibility index (Phi) is 2.36. The highest BCUT2D eigenvalue weighted by molar-refractivity contribution is 5.39. The molecule has 0 saturated carbocycles. The Bertz CT molecular complexity index is 425. The predicted molar refractivity (Wildman–Crippen MR) is 53.1 cm³/mol. The molecule has 2 heterocycles. The Morgan fingerprint density at radius 2 is 2.29 bits per heavy atom. The van der Waals surface area contributed by atoms with Crippen LogP contribution in [0.25, 0.3) is 0 Å². The van der Waals surface area contributed by atoms with E-state index in [1.165, 1.54) is 6.07 Å². The van der Waals surface area contributed by atoms with E-state index in [9.17, 15) is 4.79 Å². The zero-order valence-corrected chi connectivity index (χ0v) is 7.49. The molecule has 14 heavy (non-hydrogen) atoms. The van der Waals surface area contributed by atoms with Gasteiger partial charge in [0.2, 0.25) is 5.56 Å². The van der Waals surface area contributed by atoms with Gasteiger partial charge in [-0.2, -0.15) is 0 Å². The lowest BCUT2D eigenvalue weighted by molar-refractivity contribution is 0.518. The van der Waals surface area contributed by atoms with Gasteiger partial charge in [-0.3, -0.25) is 4.79 Å². The minimum atomic E-state index is -0.103. The number of H-pyrrole nitrogens is 1. The van der Waals surface area contributed by atoms with Gasteiger partial charge in [-0.1, -0.05) is 0 Å². The van der Waals surface area contributed by atoms with Gasteiger partial charge in [0.05, 0.1) is 18.5 Å². The Hall–Kier alpha value is -1.97. The first kappa shape index (κ1) is 8.62. The van der Waals surface area contributed by atoms with Crippen molar-refractivity contribution < 1.29 is 4.42 Å². The van der Waals surface area contributed by atoms with Crippen molar-refractivity contribution in [2.75, 3.05) is 5.32 Å². The van der Waals surface area contributed by atoms with Gasteiger partial charge in [0.15, 0.2) is 0 Å². The molecular weight excluding hydrogens is 180 g/mol. The van der Waals surface area contributed by atoms with Crippen LogP contribution in [0.3, 0.4) is 0 Å². The summed E-state index contributed by atoms with van der Waals surface area (Å²) in [6.07, 6.45) is 3.26. The molecule has 2 N–H and O–H groups in total. The van der Waals surface area contributed by atoms with Crippen molar-refractivity contribution in [2.24, 2.45) is 0 Å². The molecule has 0 aromatic carbocycles. The number of hydrogen-bond donors (Lipinski definition) is 2. The van der Waals surface area contributed by atoms with E-state index in [2.05, 4.69) is 10.3 Å².